The topological polar surface area (TPSA) is 80.0 Å². The van der Waals surface area contributed by atoms with Gasteiger partial charge in [0, 0.05) is 5.69 Å². The Labute approximate surface area is 152 Å². The van der Waals surface area contributed by atoms with Gasteiger partial charge in [-0.25, -0.2) is 9.67 Å². The number of nitrogens with one attached hydrogen (secondary N) is 1. The van der Waals surface area contributed by atoms with Gasteiger partial charge >= 0.3 is 0 Å². The number of hydrogen-bond donors (Lipinski definition) is 2. The number of hydrogen-bond acceptors (Lipinski definition) is 4. The van der Waals surface area contributed by atoms with E-state index in [0.717, 1.165) is 5.56 Å². The average molecular weight is 350 g/mol. The molecule has 134 valence electrons. The van der Waals surface area contributed by atoms with E-state index in [1.807, 2.05) is 54.6 Å². The van der Waals surface area contributed by atoms with Gasteiger partial charge < -0.3 is 10.4 Å². The lowest BCUT2D eigenvalue weighted by Crippen LogP contribution is -2.15. The molecule has 3 rings (SSSR count). The first kappa shape index (κ1) is 17.8. The Morgan fingerprint density at radius 1 is 1.08 bits per heavy atom. The molecule has 0 radical (unpaired) electrons. The maximum atomic E-state index is 12.3. The SMILES string of the molecule is CC(C)c1ccc(NC(=O)c2ncn(C[C@H](O)c3ccccc3)n2)cc1. The Morgan fingerprint density at radius 3 is 2.42 bits per heavy atom. The van der Waals surface area contributed by atoms with Gasteiger partial charge in [0.15, 0.2) is 0 Å². The molecule has 0 unspecified atom stereocenters. The van der Waals surface area contributed by atoms with Crippen LogP contribution >= 0.6 is 0 Å². The summed E-state index contributed by atoms with van der Waals surface area (Å²) < 4.78 is 1.47. The van der Waals surface area contributed by atoms with Crippen molar-refractivity contribution in [1.29, 1.82) is 0 Å². The number of nitrogens with zero attached hydrogens (tertiary/aromatic N) is 3. The van der Waals surface area contributed by atoms with Crippen LogP contribution in [0.5, 0.6) is 0 Å². The molecule has 0 fully saturated rings. The Morgan fingerprint density at radius 2 is 1.77 bits per heavy atom. The molecule has 6 nitrogen and oxygen atoms in total. The fourth-order valence-corrected chi connectivity index (χ4v) is 2.58. The third-order valence-electron chi connectivity index (χ3n) is 4.12. The minimum absolute atomic E-state index is 0.0678. The fourth-order valence-electron chi connectivity index (χ4n) is 2.58. The summed E-state index contributed by atoms with van der Waals surface area (Å²) in [5, 5.41) is 17.2. The number of anilines is 1. The zero-order valence-corrected chi connectivity index (χ0v) is 14.8. The highest BCUT2D eigenvalue weighted by Gasteiger charge is 2.14. The molecule has 0 saturated heterocycles. The molecule has 1 atom stereocenters. The van der Waals surface area contributed by atoms with Gasteiger partial charge in [-0.2, -0.15) is 0 Å². The quantitative estimate of drug-likeness (QED) is 0.714. The first-order valence-corrected chi connectivity index (χ1v) is 8.56. The van der Waals surface area contributed by atoms with E-state index in [4.69, 9.17) is 0 Å². The van der Waals surface area contributed by atoms with Crippen molar-refractivity contribution in [2.75, 3.05) is 5.32 Å². The molecule has 6 heteroatoms. The van der Waals surface area contributed by atoms with E-state index in [0.29, 0.717) is 11.6 Å². The second-order valence-corrected chi connectivity index (χ2v) is 6.45. The summed E-state index contributed by atoms with van der Waals surface area (Å²) >= 11 is 0. The number of carbonyl (C=O) groups excluding carboxylic acids is 1. The molecule has 0 bridgehead atoms. The molecular weight excluding hydrogens is 328 g/mol. The van der Waals surface area contributed by atoms with Crippen LogP contribution in [0.4, 0.5) is 5.69 Å². The summed E-state index contributed by atoms with van der Waals surface area (Å²) in [5.74, 6) is 0.126. The van der Waals surface area contributed by atoms with Gasteiger partial charge in [-0.1, -0.05) is 56.3 Å². The van der Waals surface area contributed by atoms with Crippen LogP contribution < -0.4 is 5.32 Å². The van der Waals surface area contributed by atoms with E-state index in [2.05, 4.69) is 29.2 Å². The second kappa shape index (κ2) is 7.93. The standard InChI is InChI=1S/C20H22N4O2/c1-14(2)15-8-10-17(11-9-15)22-20(26)19-21-13-24(23-19)12-18(25)16-6-4-3-5-7-16/h3-11,13-14,18,25H,12H2,1-2H3,(H,22,26)/t18-/m0/s1. The van der Waals surface area contributed by atoms with Gasteiger partial charge in [0.05, 0.1) is 12.6 Å². The Kier molecular flexibility index (Phi) is 5.43. The maximum absolute atomic E-state index is 12.3. The number of amides is 1. The van der Waals surface area contributed by atoms with Crippen LogP contribution in [-0.2, 0) is 6.54 Å². The monoisotopic (exact) mass is 350 g/mol. The summed E-state index contributed by atoms with van der Waals surface area (Å²) in [5.41, 5.74) is 2.69. The molecular formula is C20H22N4O2. The van der Waals surface area contributed by atoms with E-state index in [-0.39, 0.29) is 18.3 Å². The predicted molar refractivity (Wildman–Crippen MR) is 99.9 cm³/mol. The highest BCUT2D eigenvalue weighted by molar-refractivity contribution is 6.01. The Bertz CT molecular complexity index is 857. The molecule has 0 aliphatic heterocycles. The van der Waals surface area contributed by atoms with Crippen LogP contribution in [0.25, 0.3) is 0 Å². The van der Waals surface area contributed by atoms with Gasteiger partial charge in [0.2, 0.25) is 5.82 Å². The molecule has 1 amide bonds. The van der Waals surface area contributed by atoms with Crippen LogP contribution in [0.2, 0.25) is 0 Å². The number of aliphatic hydroxyl groups is 1. The first-order valence-electron chi connectivity index (χ1n) is 8.56. The van der Waals surface area contributed by atoms with Crippen molar-refractivity contribution in [3.63, 3.8) is 0 Å². The lowest BCUT2D eigenvalue weighted by molar-refractivity contribution is 0.101. The third-order valence-corrected chi connectivity index (χ3v) is 4.12. The highest BCUT2D eigenvalue weighted by Crippen LogP contribution is 2.17. The molecule has 1 aromatic heterocycles. The lowest BCUT2D eigenvalue weighted by atomic mass is 10.0. The molecule has 3 aromatic rings. The van der Waals surface area contributed by atoms with Crippen LogP contribution in [-0.4, -0.2) is 25.8 Å². The summed E-state index contributed by atoms with van der Waals surface area (Å²) in [6.07, 6.45) is 0.737. The van der Waals surface area contributed by atoms with Crippen molar-refractivity contribution in [2.24, 2.45) is 0 Å². The zero-order chi connectivity index (χ0) is 18.5. The second-order valence-electron chi connectivity index (χ2n) is 6.45. The van der Waals surface area contributed by atoms with Crippen molar-refractivity contribution in [3.05, 3.63) is 77.9 Å². The van der Waals surface area contributed by atoms with Crippen LogP contribution in [0.1, 0.15) is 47.6 Å². The Balaban J connectivity index is 1.62. The van der Waals surface area contributed by atoms with Gasteiger partial charge in [-0.3, -0.25) is 4.79 Å². The molecule has 1 heterocycles. The van der Waals surface area contributed by atoms with Crippen LogP contribution in [0, 0.1) is 0 Å². The van der Waals surface area contributed by atoms with Crippen molar-refractivity contribution < 1.29 is 9.90 Å². The average Bonchev–Trinajstić information content (AvgIpc) is 3.11. The highest BCUT2D eigenvalue weighted by atomic mass is 16.3. The third kappa shape index (κ3) is 4.34. The van der Waals surface area contributed by atoms with E-state index < -0.39 is 6.10 Å². The summed E-state index contributed by atoms with van der Waals surface area (Å²) in [6, 6.07) is 17.0. The largest absolute Gasteiger partial charge is 0.386 e. The maximum Gasteiger partial charge on any atom is 0.295 e. The number of aliphatic hydroxyl groups excluding tert-OH is 1. The van der Waals surface area contributed by atoms with Crippen LogP contribution in [0.3, 0.4) is 0 Å². The number of benzene rings is 2. The van der Waals surface area contributed by atoms with E-state index in [1.54, 1.807) is 0 Å². The van der Waals surface area contributed by atoms with Gasteiger partial charge in [-0.05, 0) is 29.2 Å². The van der Waals surface area contributed by atoms with Gasteiger partial charge in [0.1, 0.15) is 6.33 Å². The summed E-state index contributed by atoms with van der Waals surface area (Å²) in [4.78, 5) is 16.3. The summed E-state index contributed by atoms with van der Waals surface area (Å²) in [6.45, 7) is 4.47. The first-order chi connectivity index (χ1) is 12.5. The molecule has 0 spiro atoms. The molecule has 0 saturated carbocycles. The zero-order valence-electron chi connectivity index (χ0n) is 14.8. The minimum Gasteiger partial charge on any atom is -0.386 e. The van der Waals surface area contributed by atoms with E-state index >= 15 is 0 Å². The lowest BCUT2D eigenvalue weighted by Gasteiger charge is -2.10. The van der Waals surface area contributed by atoms with Gasteiger partial charge in [0.25, 0.3) is 5.91 Å². The van der Waals surface area contributed by atoms with Crippen molar-refractivity contribution in [1.82, 2.24) is 14.8 Å². The fraction of sp³-hybridized carbons (Fsp3) is 0.250. The molecule has 2 N–H and O–H groups in total. The molecule has 2 aromatic carbocycles. The molecule has 0 aliphatic carbocycles. The Hall–Kier alpha value is -2.99. The normalized spacial score (nSPS) is 12.2. The number of aromatic nitrogens is 3. The molecule has 0 aliphatic rings. The number of carbonyl (C=O) groups is 1. The van der Waals surface area contributed by atoms with E-state index in [9.17, 15) is 9.90 Å². The van der Waals surface area contributed by atoms with Gasteiger partial charge in [-0.15, -0.1) is 5.10 Å². The summed E-state index contributed by atoms with van der Waals surface area (Å²) in [7, 11) is 0. The van der Waals surface area contributed by atoms with Crippen molar-refractivity contribution in [3.8, 4) is 0 Å². The minimum atomic E-state index is -0.711. The van der Waals surface area contributed by atoms with Crippen molar-refractivity contribution in [2.45, 2.75) is 32.4 Å². The van der Waals surface area contributed by atoms with Crippen LogP contribution in [0.15, 0.2) is 60.9 Å². The van der Waals surface area contributed by atoms with E-state index in [1.165, 1.54) is 16.6 Å². The van der Waals surface area contributed by atoms with Crippen molar-refractivity contribution >= 4 is 11.6 Å². The molecule has 26 heavy (non-hydrogen) atoms. The smallest absolute Gasteiger partial charge is 0.295 e. The predicted octanol–water partition coefficient (Wildman–Crippen LogP) is 3.39. The number of rotatable bonds is 6.